The third-order valence-electron chi connectivity index (χ3n) is 7.25. The van der Waals surface area contributed by atoms with E-state index in [1.807, 2.05) is 0 Å². The quantitative estimate of drug-likeness (QED) is 0.392. The van der Waals surface area contributed by atoms with Gasteiger partial charge in [-0.1, -0.05) is 69.9 Å². The highest BCUT2D eigenvalue weighted by Crippen LogP contribution is 2.42. The van der Waals surface area contributed by atoms with Gasteiger partial charge in [-0.2, -0.15) is 0 Å². The fourth-order valence-electron chi connectivity index (χ4n) is 5.56. The molecule has 0 atom stereocenters. The number of allylic oxidation sites excluding steroid dienone is 1. The number of pyridine rings is 1. The van der Waals surface area contributed by atoms with Crippen LogP contribution in [0, 0.1) is 5.41 Å². The summed E-state index contributed by atoms with van der Waals surface area (Å²) in [7, 11) is 4.39. The van der Waals surface area contributed by atoms with E-state index in [9.17, 15) is 1.37 Å². The molecule has 0 saturated heterocycles. The molecule has 1 fully saturated rings. The molecule has 2 heterocycles. The predicted octanol–water partition coefficient (Wildman–Crippen LogP) is 5.64. The second-order valence-corrected chi connectivity index (χ2v) is 10.3. The molecule has 3 heteroatoms. The van der Waals surface area contributed by atoms with Crippen molar-refractivity contribution in [1.82, 2.24) is 0 Å². The highest BCUT2D eigenvalue weighted by atomic mass is 15.1. The van der Waals surface area contributed by atoms with E-state index < -0.39 is 5.89 Å². The molecule has 158 valence electrons. The maximum atomic E-state index is 9.35. The van der Waals surface area contributed by atoms with Crippen molar-refractivity contribution in [2.45, 2.75) is 52.3 Å². The number of hydrogen-bond donors (Lipinski definition) is 0. The summed E-state index contributed by atoms with van der Waals surface area (Å²) in [4.78, 5) is 2.41. The first-order valence-corrected chi connectivity index (χ1v) is 11.7. The molecule has 1 aliphatic carbocycles. The van der Waals surface area contributed by atoms with Crippen LogP contribution in [0.5, 0.6) is 0 Å². The van der Waals surface area contributed by atoms with Crippen LogP contribution in [0.25, 0.3) is 16.5 Å². The van der Waals surface area contributed by atoms with Gasteiger partial charge in [0.25, 0.3) is 0 Å². The van der Waals surface area contributed by atoms with Crippen molar-refractivity contribution in [3.8, 4) is 0 Å². The number of hydrogen-bond acceptors (Lipinski definition) is 1. The van der Waals surface area contributed by atoms with E-state index in [0.29, 0.717) is 0 Å². The molecule has 5 rings (SSSR count). The SMILES string of the molecule is [2H]C1(c2cc(B3C=C(C(C)(C)C)c4ccccc4N3C)[n+](C)c3ccccc23)CCCC1. The van der Waals surface area contributed by atoms with E-state index in [4.69, 9.17) is 0 Å². The average molecular weight is 410 g/mol. The summed E-state index contributed by atoms with van der Waals surface area (Å²) >= 11 is 0. The molecule has 0 radical (unpaired) electrons. The molecule has 1 aliphatic heterocycles. The summed E-state index contributed by atoms with van der Waals surface area (Å²) in [5.41, 5.74) is 7.74. The number of anilines is 1. The Bertz CT molecular complexity index is 1220. The first kappa shape index (κ1) is 19.2. The Hall–Kier alpha value is -2.55. The van der Waals surface area contributed by atoms with Crippen molar-refractivity contribution < 1.29 is 5.94 Å². The number of aryl methyl sites for hydroxylation is 1. The lowest BCUT2D eigenvalue weighted by atomic mass is 9.51. The average Bonchev–Trinajstić information content (AvgIpc) is 3.21. The lowest BCUT2D eigenvalue weighted by Gasteiger charge is -2.36. The fraction of sp³-hybridized carbons (Fsp3) is 0.393. The van der Waals surface area contributed by atoms with Gasteiger partial charge in [0.15, 0.2) is 5.59 Å². The van der Waals surface area contributed by atoms with Crippen LogP contribution >= 0.6 is 0 Å². The molecule has 2 nitrogen and oxygen atoms in total. The van der Waals surface area contributed by atoms with Crippen molar-refractivity contribution in [3.05, 3.63) is 71.7 Å². The third-order valence-corrected chi connectivity index (χ3v) is 7.25. The summed E-state index contributed by atoms with van der Waals surface area (Å²) in [6, 6.07) is 19.8. The van der Waals surface area contributed by atoms with Crippen LogP contribution in [-0.2, 0) is 7.05 Å². The minimum Gasteiger partial charge on any atom is -0.405 e. The summed E-state index contributed by atoms with van der Waals surface area (Å²) in [6.07, 6.45) is 4.21. The molecular formula is C28H34BN2+. The molecule has 1 aromatic heterocycles. The van der Waals surface area contributed by atoms with Gasteiger partial charge in [-0.15, -0.1) is 0 Å². The Morgan fingerprint density at radius 1 is 1.03 bits per heavy atom. The van der Waals surface area contributed by atoms with Gasteiger partial charge in [0.05, 0.1) is 0 Å². The van der Waals surface area contributed by atoms with Crippen LogP contribution in [0.2, 0.25) is 0 Å². The Kier molecular flexibility index (Phi) is 4.67. The minimum atomic E-state index is -0.482. The van der Waals surface area contributed by atoms with Crippen molar-refractivity contribution in [2.75, 3.05) is 11.9 Å². The molecule has 0 spiro atoms. The molecular weight excluding hydrogens is 375 g/mol. The number of benzene rings is 2. The molecule has 31 heavy (non-hydrogen) atoms. The van der Waals surface area contributed by atoms with Crippen LogP contribution in [-0.4, -0.2) is 13.9 Å². The molecule has 0 N–H and O–H groups in total. The van der Waals surface area contributed by atoms with E-state index in [-0.39, 0.29) is 12.3 Å². The van der Waals surface area contributed by atoms with Gasteiger partial charge in [0, 0.05) is 24.6 Å². The minimum absolute atomic E-state index is 0.0515. The first-order valence-electron chi connectivity index (χ1n) is 12.2. The van der Waals surface area contributed by atoms with Crippen LogP contribution in [0.3, 0.4) is 0 Å². The van der Waals surface area contributed by atoms with Gasteiger partial charge >= 0.3 is 6.85 Å². The zero-order chi connectivity index (χ0) is 22.7. The molecule has 0 bridgehead atoms. The largest absolute Gasteiger partial charge is 0.405 e. The van der Waals surface area contributed by atoms with Crippen molar-refractivity contribution in [1.29, 1.82) is 0 Å². The maximum absolute atomic E-state index is 9.35. The molecule has 0 amide bonds. The maximum Gasteiger partial charge on any atom is 0.396 e. The third kappa shape index (κ3) is 3.39. The van der Waals surface area contributed by atoms with Gasteiger partial charge in [-0.3, -0.25) is 0 Å². The fourth-order valence-corrected chi connectivity index (χ4v) is 5.56. The lowest BCUT2D eigenvalue weighted by Crippen LogP contribution is -2.61. The Balaban J connectivity index is 1.77. The van der Waals surface area contributed by atoms with E-state index >= 15 is 0 Å². The topological polar surface area (TPSA) is 7.12 Å². The van der Waals surface area contributed by atoms with Gasteiger partial charge in [0.2, 0.25) is 5.52 Å². The summed E-state index contributed by atoms with van der Waals surface area (Å²) in [6.45, 7) is 7.04. The van der Waals surface area contributed by atoms with Gasteiger partial charge in [-0.25, -0.2) is 4.57 Å². The van der Waals surface area contributed by atoms with Gasteiger partial charge in [-0.05, 0) is 60.0 Å². The van der Waals surface area contributed by atoms with E-state index in [0.717, 1.165) is 25.7 Å². The number of nitrogens with zero attached hydrogens (tertiary/aromatic N) is 2. The summed E-state index contributed by atoms with van der Waals surface area (Å²) < 4.78 is 11.7. The second-order valence-electron chi connectivity index (χ2n) is 10.3. The standard InChI is InChI=1S/C28H34BN2/c1-28(2,3)24-19-29(31(5)26-17-11-9-15-22(24)26)27-18-23(20-12-6-7-13-20)21-14-8-10-16-25(21)30(27)4/h8-11,14-20H,6-7,12-13H2,1-5H3/q+1/i20D. The number of fused-ring (bicyclic) bond motifs is 2. The van der Waals surface area contributed by atoms with Crippen molar-refractivity contribution in [2.24, 2.45) is 12.5 Å². The smallest absolute Gasteiger partial charge is 0.396 e. The highest BCUT2D eigenvalue weighted by Gasteiger charge is 2.38. The van der Waals surface area contributed by atoms with E-state index in [1.165, 1.54) is 38.9 Å². The Labute approximate surface area is 189 Å². The predicted molar refractivity (Wildman–Crippen MR) is 134 cm³/mol. The molecule has 2 aliphatic rings. The number of para-hydroxylation sites is 2. The van der Waals surface area contributed by atoms with E-state index in [1.54, 1.807) is 0 Å². The van der Waals surface area contributed by atoms with Crippen LogP contribution in [0.1, 0.15) is 64.8 Å². The summed E-state index contributed by atoms with van der Waals surface area (Å²) in [5.74, 6) is 1.98. The van der Waals surface area contributed by atoms with Crippen LogP contribution in [0.4, 0.5) is 5.69 Å². The highest BCUT2D eigenvalue weighted by molar-refractivity contribution is 6.81. The molecule has 3 aromatic rings. The number of rotatable bonds is 2. The monoisotopic (exact) mass is 410 g/mol. The van der Waals surface area contributed by atoms with Gasteiger partial charge < -0.3 is 4.81 Å². The van der Waals surface area contributed by atoms with Crippen molar-refractivity contribution >= 4 is 34.6 Å². The Morgan fingerprint density at radius 3 is 2.45 bits per heavy atom. The lowest BCUT2D eigenvalue weighted by molar-refractivity contribution is -0.627. The zero-order valence-electron chi connectivity index (χ0n) is 20.6. The normalized spacial score (nSPS) is 18.7. The molecule has 2 aromatic carbocycles. The van der Waals surface area contributed by atoms with E-state index in [2.05, 4.69) is 105 Å². The molecule has 1 saturated carbocycles. The van der Waals surface area contributed by atoms with Crippen LogP contribution in [0.15, 0.2) is 60.6 Å². The first-order chi connectivity index (χ1) is 15.2. The Morgan fingerprint density at radius 2 is 1.71 bits per heavy atom. The van der Waals surface area contributed by atoms with Crippen LogP contribution < -0.4 is 15.0 Å². The second kappa shape index (κ2) is 7.55. The zero-order valence-corrected chi connectivity index (χ0v) is 19.6. The van der Waals surface area contributed by atoms with Gasteiger partial charge in [0.1, 0.15) is 7.05 Å². The summed E-state index contributed by atoms with van der Waals surface area (Å²) in [5, 5.41) is 1.23. The molecule has 0 unspecified atom stereocenters. The number of aromatic nitrogens is 1. The van der Waals surface area contributed by atoms with Crippen molar-refractivity contribution in [3.63, 3.8) is 0 Å².